The van der Waals surface area contributed by atoms with Crippen molar-refractivity contribution in [3.05, 3.63) is 0 Å². The Hall–Kier alpha value is 0.107. The van der Waals surface area contributed by atoms with Gasteiger partial charge >= 0.3 is 0 Å². The van der Waals surface area contributed by atoms with Gasteiger partial charge in [-0.15, -0.1) is 0 Å². The minimum Gasteiger partial charge on any atom is -0.370 e. The SMILES string of the molecule is [SiH3]CN1CCCC1=S. The maximum absolute atomic E-state index is 5.09. The molecule has 1 saturated heterocycles. The first-order valence-corrected chi connectivity index (χ1v) is 4.94. The van der Waals surface area contributed by atoms with Crippen LogP contribution in [0.25, 0.3) is 0 Å². The summed E-state index contributed by atoms with van der Waals surface area (Å²) in [7, 11) is 1.26. The van der Waals surface area contributed by atoms with Gasteiger partial charge in [0.25, 0.3) is 0 Å². The summed E-state index contributed by atoms with van der Waals surface area (Å²) in [6.45, 7) is 1.22. The smallest absolute Gasteiger partial charge is 0.0776 e. The van der Waals surface area contributed by atoms with E-state index in [1.54, 1.807) is 0 Å². The lowest BCUT2D eigenvalue weighted by molar-refractivity contribution is 0.532. The van der Waals surface area contributed by atoms with Crippen molar-refractivity contribution in [2.24, 2.45) is 0 Å². The van der Waals surface area contributed by atoms with Gasteiger partial charge in [-0.05, 0) is 12.8 Å². The number of nitrogens with zero attached hydrogens (tertiary/aromatic N) is 1. The van der Waals surface area contributed by atoms with E-state index in [0.717, 1.165) is 6.42 Å². The van der Waals surface area contributed by atoms with E-state index in [0.29, 0.717) is 0 Å². The van der Waals surface area contributed by atoms with Gasteiger partial charge < -0.3 is 4.90 Å². The fourth-order valence-electron chi connectivity index (χ4n) is 1.04. The summed E-state index contributed by atoms with van der Waals surface area (Å²) in [4.78, 5) is 3.52. The van der Waals surface area contributed by atoms with Crippen molar-refractivity contribution in [1.82, 2.24) is 4.90 Å². The van der Waals surface area contributed by atoms with Gasteiger partial charge in [0, 0.05) is 23.0 Å². The first-order chi connectivity index (χ1) is 3.84. The van der Waals surface area contributed by atoms with E-state index in [2.05, 4.69) is 4.90 Å². The number of hydrogen-bond acceptors (Lipinski definition) is 1. The predicted octanol–water partition coefficient (Wildman–Crippen LogP) is -0.268. The topological polar surface area (TPSA) is 3.24 Å². The standard InChI is InChI=1S/C5H11NSSi/c7-5-2-1-3-6(5)4-8/h1-4H2,8H3. The second-order valence-corrected chi connectivity index (χ2v) is 3.18. The molecule has 46 valence electrons. The fraction of sp³-hybridized carbons (Fsp3) is 0.800. The van der Waals surface area contributed by atoms with Crippen LogP contribution in [0.4, 0.5) is 0 Å². The van der Waals surface area contributed by atoms with Crippen LogP contribution < -0.4 is 0 Å². The Balaban J connectivity index is 2.42. The molecule has 1 aliphatic heterocycles. The van der Waals surface area contributed by atoms with Gasteiger partial charge in [-0.1, -0.05) is 12.2 Å². The maximum atomic E-state index is 5.09. The predicted molar refractivity (Wildman–Crippen MR) is 43.3 cm³/mol. The maximum Gasteiger partial charge on any atom is 0.0776 e. The summed E-state index contributed by atoms with van der Waals surface area (Å²) in [6, 6.07) is 0. The monoisotopic (exact) mass is 145 g/mol. The Kier molecular flexibility index (Phi) is 2.02. The molecule has 0 atom stereocenters. The number of rotatable bonds is 1. The van der Waals surface area contributed by atoms with E-state index in [1.165, 1.54) is 34.4 Å². The molecule has 0 amide bonds. The van der Waals surface area contributed by atoms with Crippen LogP contribution in [-0.2, 0) is 0 Å². The molecule has 0 unspecified atom stereocenters. The third kappa shape index (κ3) is 1.09. The molecule has 0 radical (unpaired) electrons. The quantitative estimate of drug-likeness (QED) is 0.369. The van der Waals surface area contributed by atoms with Crippen molar-refractivity contribution >= 4 is 27.4 Å². The Labute approximate surface area is 58.5 Å². The van der Waals surface area contributed by atoms with E-state index in [4.69, 9.17) is 12.2 Å². The van der Waals surface area contributed by atoms with Crippen LogP contribution >= 0.6 is 12.2 Å². The first kappa shape index (κ1) is 6.23. The Morgan fingerprint density at radius 1 is 1.75 bits per heavy atom. The summed E-state index contributed by atoms with van der Waals surface area (Å²) >= 11 is 5.09. The summed E-state index contributed by atoms with van der Waals surface area (Å²) in [5.41, 5.74) is 0. The van der Waals surface area contributed by atoms with Gasteiger partial charge in [0.15, 0.2) is 0 Å². The minimum atomic E-state index is 1.16. The summed E-state index contributed by atoms with van der Waals surface area (Å²) in [5, 5.41) is 0. The van der Waals surface area contributed by atoms with Gasteiger partial charge in [0.05, 0.1) is 4.99 Å². The zero-order chi connectivity index (χ0) is 5.98. The average molecular weight is 145 g/mol. The van der Waals surface area contributed by atoms with Crippen LogP contribution in [0.5, 0.6) is 0 Å². The van der Waals surface area contributed by atoms with Crippen LogP contribution in [0.1, 0.15) is 12.8 Å². The second-order valence-electron chi connectivity index (χ2n) is 2.08. The molecule has 0 aromatic heterocycles. The molecular weight excluding hydrogens is 134 g/mol. The van der Waals surface area contributed by atoms with Gasteiger partial charge in [-0.25, -0.2) is 0 Å². The minimum absolute atomic E-state index is 1.16. The van der Waals surface area contributed by atoms with Crippen LogP contribution in [0.3, 0.4) is 0 Å². The molecule has 0 spiro atoms. The van der Waals surface area contributed by atoms with Gasteiger partial charge in [0.2, 0.25) is 0 Å². The van der Waals surface area contributed by atoms with E-state index in [1.807, 2.05) is 0 Å². The molecule has 0 aliphatic carbocycles. The van der Waals surface area contributed by atoms with Crippen LogP contribution in [-0.4, -0.2) is 32.8 Å². The molecule has 1 aliphatic rings. The lowest BCUT2D eigenvalue weighted by Crippen LogP contribution is -2.24. The van der Waals surface area contributed by atoms with Gasteiger partial charge in [-0.3, -0.25) is 0 Å². The Morgan fingerprint density at radius 2 is 2.50 bits per heavy atom. The molecule has 0 aromatic carbocycles. The second kappa shape index (κ2) is 2.59. The third-order valence-corrected chi connectivity index (χ3v) is 2.78. The highest BCUT2D eigenvalue weighted by molar-refractivity contribution is 7.80. The fourth-order valence-corrected chi connectivity index (χ4v) is 2.33. The molecule has 0 N–H and O–H groups in total. The molecule has 0 aromatic rings. The molecule has 1 heterocycles. The average Bonchev–Trinajstić information content (AvgIpc) is 2.14. The summed E-state index contributed by atoms with van der Waals surface area (Å²) in [6.07, 6.45) is 3.69. The molecule has 1 fully saturated rings. The highest BCUT2D eigenvalue weighted by Gasteiger charge is 2.12. The highest BCUT2D eigenvalue weighted by atomic mass is 32.1. The Morgan fingerprint density at radius 3 is 2.75 bits per heavy atom. The molecular formula is C5H11NSSi. The third-order valence-electron chi connectivity index (χ3n) is 1.55. The first-order valence-electron chi connectivity index (χ1n) is 3.12. The number of hydrogen-bond donors (Lipinski definition) is 0. The van der Waals surface area contributed by atoms with E-state index in [-0.39, 0.29) is 0 Å². The highest BCUT2D eigenvalue weighted by Crippen LogP contribution is 2.09. The number of likely N-dealkylation sites (tertiary alicyclic amines) is 1. The summed E-state index contributed by atoms with van der Waals surface area (Å²) < 4.78 is 0. The lowest BCUT2D eigenvalue weighted by Gasteiger charge is -2.13. The lowest BCUT2D eigenvalue weighted by atomic mass is 10.4. The van der Waals surface area contributed by atoms with E-state index >= 15 is 0 Å². The van der Waals surface area contributed by atoms with Gasteiger partial charge in [-0.2, -0.15) is 0 Å². The van der Waals surface area contributed by atoms with Crippen LogP contribution in [0.2, 0.25) is 0 Å². The molecule has 8 heavy (non-hydrogen) atoms. The van der Waals surface area contributed by atoms with Crippen LogP contribution in [0.15, 0.2) is 0 Å². The zero-order valence-electron chi connectivity index (χ0n) is 5.18. The number of thiocarbonyl (C=S) groups is 1. The molecule has 1 nitrogen and oxygen atoms in total. The zero-order valence-corrected chi connectivity index (χ0v) is 8.00. The van der Waals surface area contributed by atoms with Crippen molar-refractivity contribution in [2.45, 2.75) is 12.8 Å². The Bertz CT molecular complexity index is 105. The van der Waals surface area contributed by atoms with E-state index in [9.17, 15) is 0 Å². The molecule has 3 heteroatoms. The van der Waals surface area contributed by atoms with Crippen molar-refractivity contribution in [3.63, 3.8) is 0 Å². The van der Waals surface area contributed by atoms with Crippen molar-refractivity contribution in [1.29, 1.82) is 0 Å². The largest absolute Gasteiger partial charge is 0.370 e. The van der Waals surface area contributed by atoms with Gasteiger partial charge in [0.1, 0.15) is 0 Å². The molecule has 0 saturated carbocycles. The van der Waals surface area contributed by atoms with E-state index < -0.39 is 0 Å². The van der Waals surface area contributed by atoms with Crippen molar-refractivity contribution in [2.75, 3.05) is 12.7 Å². The summed E-state index contributed by atoms with van der Waals surface area (Å²) in [5.74, 6) is 0. The van der Waals surface area contributed by atoms with Crippen molar-refractivity contribution in [3.8, 4) is 0 Å². The molecule has 1 rings (SSSR count). The normalized spacial score (nSPS) is 20.5. The van der Waals surface area contributed by atoms with Crippen LogP contribution in [0, 0.1) is 0 Å². The molecule has 0 bridgehead atoms. The van der Waals surface area contributed by atoms with Crippen molar-refractivity contribution < 1.29 is 0 Å².